The summed E-state index contributed by atoms with van der Waals surface area (Å²) in [7, 11) is 0. The topological polar surface area (TPSA) is 67.4 Å². The van der Waals surface area contributed by atoms with Crippen LogP contribution >= 0.6 is 0 Å². The summed E-state index contributed by atoms with van der Waals surface area (Å²) >= 11 is 0. The lowest BCUT2D eigenvalue weighted by Crippen LogP contribution is -2.36. The Labute approximate surface area is 187 Å². The van der Waals surface area contributed by atoms with Gasteiger partial charge in [0.2, 0.25) is 5.91 Å². The largest absolute Gasteiger partial charge is 0.457 e. The molecule has 0 spiro atoms. The minimum absolute atomic E-state index is 0.138. The monoisotopic (exact) mass is 426 g/mol. The second-order valence-electron chi connectivity index (χ2n) is 8.45. The van der Waals surface area contributed by atoms with E-state index in [0.29, 0.717) is 22.7 Å². The first-order valence-corrected chi connectivity index (χ1v) is 11.3. The second-order valence-corrected chi connectivity index (χ2v) is 8.45. The van der Waals surface area contributed by atoms with Gasteiger partial charge in [-0.05, 0) is 37.1 Å². The summed E-state index contributed by atoms with van der Waals surface area (Å²) in [6, 6.07) is 22.6. The van der Waals surface area contributed by atoms with Gasteiger partial charge < -0.3 is 15.4 Å². The number of fused-ring (bicyclic) bond motifs is 2. The van der Waals surface area contributed by atoms with Crippen molar-refractivity contribution in [2.75, 3.05) is 5.32 Å². The van der Waals surface area contributed by atoms with Crippen LogP contribution in [0.5, 0.6) is 11.5 Å². The Morgan fingerprint density at radius 3 is 2.03 bits per heavy atom. The van der Waals surface area contributed by atoms with E-state index >= 15 is 0 Å². The van der Waals surface area contributed by atoms with Gasteiger partial charge in [0.1, 0.15) is 11.5 Å². The summed E-state index contributed by atoms with van der Waals surface area (Å²) in [6.07, 6.45) is 5.54. The molecule has 1 saturated carbocycles. The molecule has 2 amide bonds. The van der Waals surface area contributed by atoms with E-state index in [0.717, 1.165) is 36.8 Å². The highest BCUT2D eigenvalue weighted by Gasteiger charge is 2.33. The van der Waals surface area contributed by atoms with Crippen LogP contribution in [0, 0.1) is 0 Å². The van der Waals surface area contributed by atoms with Crippen LogP contribution in [-0.2, 0) is 4.79 Å². The van der Waals surface area contributed by atoms with Gasteiger partial charge in [-0.3, -0.25) is 9.59 Å². The van der Waals surface area contributed by atoms with Gasteiger partial charge >= 0.3 is 0 Å². The predicted octanol–water partition coefficient (Wildman–Crippen LogP) is 5.63. The van der Waals surface area contributed by atoms with Crippen molar-refractivity contribution in [2.24, 2.45) is 0 Å². The molecule has 5 nitrogen and oxygen atoms in total. The Balaban J connectivity index is 1.42. The summed E-state index contributed by atoms with van der Waals surface area (Å²) in [4.78, 5) is 26.6. The molecule has 1 aliphatic carbocycles. The second kappa shape index (κ2) is 8.87. The zero-order valence-electron chi connectivity index (χ0n) is 17.8. The number of anilines is 1. The van der Waals surface area contributed by atoms with E-state index in [2.05, 4.69) is 10.6 Å². The fourth-order valence-corrected chi connectivity index (χ4v) is 4.70. The quantitative estimate of drug-likeness (QED) is 0.569. The molecule has 162 valence electrons. The highest BCUT2D eigenvalue weighted by molar-refractivity contribution is 6.06. The number of rotatable bonds is 4. The van der Waals surface area contributed by atoms with Gasteiger partial charge in [0, 0.05) is 17.2 Å². The summed E-state index contributed by atoms with van der Waals surface area (Å²) in [5, 5.41) is 6.17. The molecule has 1 heterocycles. The van der Waals surface area contributed by atoms with Crippen molar-refractivity contribution in [3.05, 3.63) is 89.5 Å². The van der Waals surface area contributed by atoms with Gasteiger partial charge in [0.05, 0.1) is 17.2 Å². The zero-order chi connectivity index (χ0) is 21.9. The van der Waals surface area contributed by atoms with E-state index in [-0.39, 0.29) is 17.9 Å². The van der Waals surface area contributed by atoms with Gasteiger partial charge in [-0.25, -0.2) is 0 Å². The molecule has 1 fully saturated rings. The molecule has 5 heteroatoms. The van der Waals surface area contributed by atoms with Crippen molar-refractivity contribution >= 4 is 17.5 Å². The number of carbonyl (C=O) groups is 2. The maximum Gasteiger partial charge on any atom is 0.253 e. The summed E-state index contributed by atoms with van der Waals surface area (Å²) in [5.41, 5.74) is 2.63. The summed E-state index contributed by atoms with van der Waals surface area (Å²) in [6.45, 7) is 0. The van der Waals surface area contributed by atoms with Gasteiger partial charge in [0.15, 0.2) is 0 Å². The summed E-state index contributed by atoms with van der Waals surface area (Å²) < 4.78 is 6.01. The number of ether oxygens (including phenoxy) is 1. The molecule has 3 aromatic carbocycles. The molecule has 2 aliphatic rings. The molecule has 0 unspecified atom stereocenters. The van der Waals surface area contributed by atoms with Crippen molar-refractivity contribution in [2.45, 2.75) is 44.1 Å². The minimum Gasteiger partial charge on any atom is -0.457 e. The number of hydrogen-bond donors (Lipinski definition) is 2. The van der Waals surface area contributed by atoms with Crippen molar-refractivity contribution in [1.82, 2.24) is 5.32 Å². The standard InChI is InChI=1S/C27H26N2O3/c30-26(28-18-10-2-1-3-11-18)19-12-4-7-15-22(19)29-27(31)25-20-13-5-8-16-23(20)32-24-17-9-6-14-21(24)25/h4-9,12-18,25H,1-3,10-11H2,(H,28,30)(H,29,31). The normalized spacial score (nSPS) is 15.8. The molecular weight excluding hydrogens is 400 g/mol. The van der Waals surface area contributed by atoms with E-state index in [4.69, 9.17) is 4.74 Å². The van der Waals surface area contributed by atoms with Crippen molar-refractivity contribution in [3.8, 4) is 11.5 Å². The van der Waals surface area contributed by atoms with E-state index in [1.54, 1.807) is 12.1 Å². The number of hydrogen-bond acceptors (Lipinski definition) is 3. The maximum atomic E-state index is 13.6. The van der Waals surface area contributed by atoms with Crippen LogP contribution in [0.2, 0.25) is 0 Å². The van der Waals surface area contributed by atoms with Gasteiger partial charge in [-0.15, -0.1) is 0 Å². The highest BCUT2D eigenvalue weighted by Crippen LogP contribution is 2.44. The van der Waals surface area contributed by atoms with Crippen LogP contribution in [0.4, 0.5) is 5.69 Å². The molecule has 0 atom stereocenters. The van der Waals surface area contributed by atoms with Crippen LogP contribution in [0.15, 0.2) is 72.8 Å². The smallest absolute Gasteiger partial charge is 0.253 e. The van der Waals surface area contributed by atoms with Gasteiger partial charge in [0.25, 0.3) is 5.91 Å². The Morgan fingerprint density at radius 2 is 1.34 bits per heavy atom. The van der Waals surface area contributed by atoms with Crippen LogP contribution in [0.3, 0.4) is 0 Å². The van der Waals surface area contributed by atoms with Crippen molar-refractivity contribution in [3.63, 3.8) is 0 Å². The lowest BCUT2D eigenvalue weighted by atomic mass is 9.87. The molecule has 1 aliphatic heterocycles. The molecule has 5 rings (SSSR count). The maximum absolute atomic E-state index is 13.6. The number of nitrogens with one attached hydrogen (secondary N) is 2. The van der Waals surface area contributed by atoms with E-state index in [1.807, 2.05) is 60.7 Å². The van der Waals surface area contributed by atoms with Gasteiger partial charge in [-0.1, -0.05) is 67.8 Å². The Hall–Kier alpha value is -3.60. The van der Waals surface area contributed by atoms with E-state index in [1.165, 1.54) is 6.42 Å². The molecular formula is C27H26N2O3. The van der Waals surface area contributed by atoms with E-state index in [9.17, 15) is 9.59 Å². The van der Waals surface area contributed by atoms with Crippen LogP contribution < -0.4 is 15.4 Å². The molecule has 0 radical (unpaired) electrons. The van der Waals surface area contributed by atoms with Crippen molar-refractivity contribution < 1.29 is 14.3 Å². The Bertz CT molecular complexity index is 1110. The number of amides is 2. The van der Waals surface area contributed by atoms with Crippen molar-refractivity contribution in [1.29, 1.82) is 0 Å². The first-order valence-electron chi connectivity index (χ1n) is 11.3. The Morgan fingerprint density at radius 1 is 0.750 bits per heavy atom. The average molecular weight is 427 g/mol. The third kappa shape index (κ3) is 3.98. The number of para-hydroxylation sites is 3. The zero-order valence-corrected chi connectivity index (χ0v) is 17.8. The molecule has 2 N–H and O–H groups in total. The SMILES string of the molecule is O=C(NC1CCCCC1)c1ccccc1NC(=O)C1c2ccccc2Oc2ccccc21. The van der Waals surface area contributed by atoms with Gasteiger partial charge in [-0.2, -0.15) is 0 Å². The fourth-order valence-electron chi connectivity index (χ4n) is 4.70. The van der Waals surface area contributed by atoms with E-state index < -0.39 is 5.92 Å². The molecule has 32 heavy (non-hydrogen) atoms. The number of carbonyl (C=O) groups excluding carboxylic acids is 2. The first kappa shape index (κ1) is 20.3. The highest BCUT2D eigenvalue weighted by atomic mass is 16.5. The molecule has 3 aromatic rings. The predicted molar refractivity (Wildman–Crippen MR) is 124 cm³/mol. The third-order valence-corrected chi connectivity index (χ3v) is 6.31. The van der Waals surface area contributed by atoms with Crippen LogP contribution in [0.1, 0.15) is 59.5 Å². The lowest BCUT2D eigenvalue weighted by Gasteiger charge is -2.28. The minimum atomic E-state index is -0.523. The third-order valence-electron chi connectivity index (χ3n) is 6.31. The van der Waals surface area contributed by atoms with Crippen LogP contribution in [-0.4, -0.2) is 17.9 Å². The first-order chi connectivity index (χ1) is 15.7. The molecule has 0 bridgehead atoms. The van der Waals surface area contributed by atoms with Crippen LogP contribution in [0.25, 0.3) is 0 Å². The average Bonchev–Trinajstić information content (AvgIpc) is 2.83. The molecule has 0 aromatic heterocycles. The summed E-state index contributed by atoms with van der Waals surface area (Å²) in [5.74, 6) is 0.502. The fraction of sp³-hybridized carbons (Fsp3) is 0.259. The lowest BCUT2D eigenvalue weighted by molar-refractivity contribution is -0.116. The number of benzene rings is 3. The molecule has 0 saturated heterocycles. The Kier molecular flexibility index (Phi) is 5.63.